The molecule has 0 saturated carbocycles. The van der Waals surface area contributed by atoms with Crippen molar-refractivity contribution in [3.8, 4) is 0 Å². The molecule has 1 atom stereocenters. The number of halogens is 1. The Kier molecular flexibility index (Phi) is 4.72. The molecule has 5 heteroatoms. The van der Waals surface area contributed by atoms with Crippen molar-refractivity contribution in [2.24, 2.45) is 0 Å². The first kappa shape index (κ1) is 18.0. The van der Waals surface area contributed by atoms with Crippen molar-refractivity contribution in [2.75, 3.05) is 4.90 Å². The highest BCUT2D eigenvalue weighted by Gasteiger charge is 2.46. The highest BCUT2D eigenvalue weighted by Crippen LogP contribution is 2.42. The summed E-state index contributed by atoms with van der Waals surface area (Å²) in [5.74, 6) is -1.59. The Labute approximate surface area is 167 Å². The second kappa shape index (κ2) is 7.33. The molecule has 1 amide bonds. The molecule has 1 fully saturated rings. The Balaban J connectivity index is 1.95. The van der Waals surface area contributed by atoms with Crippen LogP contribution in [0.4, 0.5) is 5.69 Å². The van der Waals surface area contributed by atoms with E-state index >= 15 is 0 Å². The first-order chi connectivity index (χ1) is 13.6. The lowest BCUT2D eigenvalue weighted by atomic mass is 9.95. The zero-order valence-electron chi connectivity index (χ0n) is 14.7. The van der Waals surface area contributed by atoms with Gasteiger partial charge in [0.15, 0.2) is 0 Å². The zero-order chi connectivity index (χ0) is 19.7. The number of hydrogen-bond donors (Lipinski definition) is 1. The predicted octanol–water partition coefficient (Wildman–Crippen LogP) is 4.97. The van der Waals surface area contributed by atoms with E-state index in [-0.39, 0.29) is 11.3 Å². The molecule has 1 heterocycles. The van der Waals surface area contributed by atoms with Gasteiger partial charge in [-0.15, -0.1) is 0 Å². The van der Waals surface area contributed by atoms with Gasteiger partial charge in [0.1, 0.15) is 5.76 Å². The molecule has 138 valence electrons. The highest BCUT2D eigenvalue weighted by atomic mass is 35.5. The first-order valence-electron chi connectivity index (χ1n) is 8.75. The minimum absolute atomic E-state index is 0.0578. The lowest BCUT2D eigenvalue weighted by Gasteiger charge is -2.25. The van der Waals surface area contributed by atoms with Gasteiger partial charge in [-0.3, -0.25) is 14.5 Å². The summed E-state index contributed by atoms with van der Waals surface area (Å²) in [4.78, 5) is 27.2. The average Bonchev–Trinajstić information content (AvgIpc) is 3.00. The molecule has 0 bridgehead atoms. The molecule has 0 aromatic heterocycles. The molecule has 1 aliphatic heterocycles. The van der Waals surface area contributed by atoms with E-state index in [1.165, 1.54) is 4.90 Å². The molecule has 1 aliphatic rings. The summed E-state index contributed by atoms with van der Waals surface area (Å²) in [6, 6.07) is 23.9. The second-order valence-electron chi connectivity index (χ2n) is 6.42. The van der Waals surface area contributed by atoms with E-state index < -0.39 is 17.7 Å². The van der Waals surface area contributed by atoms with E-state index in [2.05, 4.69) is 0 Å². The fourth-order valence-corrected chi connectivity index (χ4v) is 3.53. The fraction of sp³-hybridized carbons (Fsp3) is 0.0435. The van der Waals surface area contributed by atoms with Crippen molar-refractivity contribution in [2.45, 2.75) is 6.04 Å². The SMILES string of the molecule is O=C1C(=O)N(c2ccccc2)[C@H](c2ccc(Cl)cc2)/C1=C(\O)c1ccccc1. The van der Waals surface area contributed by atoms with Crippen molar-refractivity contribution in [3.05, 3.63) is 107 Å². The fourth-order valence-electron chi connectivity index (χ4n) is 3.40. The summed E-state index contributed by atoms with van der Waals surface area (Å²) in [5.41, 5.74) is 1.80. The van der Waals surface area contributed by atoms with E-state index in [9.17, 15) is 14.7 Å². The Morgan fingerprint density at radius 1 is 0.821 bits per heavy atom. The van der Waals surface area contributed by atoms with Crippen LogP contribution in [0, 0.1) is 0 Å². The normalized spacial score (nSPS) is 18.5. The quantitative estimate of drug-likeness (QED) is 0.391. The molecule has 0 spiro atoms. The van der Waals surface area contributed by atoms with Gasteiger partial charge in [0.05, 0.1) is 11.6 Å². The molecule has 3 aromatic rings. The van der Waals surface area contributed by atoms with Crippen LogP contribution in [0.15, 0.2) is 90.5 Å². The van der Waals surface area contributed by atoms with Gasteiger partial charge >= 0.3 is 0 Å². The summed E-state index contributed by atoms with van der Waals surface area (Å²) in [6.45, 7) is 0. The van der Waals surface area contributed by atoms with Crippen LogP contribution in [-0.4, -0.2) is 16.8 Å². The molecule has 4 rings (SSSR count). The Morgan fingerprint density at radius 2 is 1.39 bits per heavy atom. The largest absolute Gasteiger partial charge is 0.507 e. The van der Waals surface area contributed by atoms with Crippen LogP contribution in [0.25, 0.3) is 5.76 Å². The maximum atomic E-state index is 12.9. The van der Waals surface area contributed by atoms with Crippen LogP contribution in [0.5, 0.6) is 0 Å². The van der Waals surface area contributed by atoms with Gasteiger partial charge in [0.25, 0.3) is 11.7 Å². The number of ketones is 1. The third-order valence-electron chi connectivity index (χ3n) is 4.71. The smallest absolute Gasteiger partial charge is 0.300 e. The summed E-state index contributed by atoms with van der Waals surface area (Å²) >= 11 is 6.02. The van der Waals surface area contributed by atoms with Crippen molar-refractivity contribution >= 4 is 34.7 Å². The number of aliphatic hydroxyl groups excluding tert-OH is 1. The third-order valence-corrected chi connectivity index (χ3v) is 4.96. The summed E-state index contributed by atoms with van der Waals surface area (Å²) in [6.07, 6.45) is 0. The van der Waals surface area contributed by atoms with Crippen LogP contribution in [0.1, 0.15) is 17.2 Å². The molecule has 0 radical (unpaired) electrons. The Hall–Kier alpha value is -3.37. The summed E-state index contributed by atoms with van der Waals surface area (Å²) < 4.78 is 0. The standard InChI is InChI=1S/C23H16ClNO3/c24-17-13-11-15(12-14-17)20-19(21(26)16-7-3-1-4-8-16)22(27)23(28)25(20)18-9-5-2-6-10-18/h1-14,20,26H/b21-19+/t20-/m1/s1. The van der Waals surface area contributed by atoms with Crippen LogP contribution >= 0.6 is 11.6 Å². The molecular formula is C23H16ClNO3. The zero-order valence-corrected chi connectivity index (χ0v) is 15.5. The van der Waals surface area contributed by atoms with E-state index in [0.29, 0.717) is 21.8 Å². The second-order valence-corrected chi connectivity index (χ2v) is 6.86. The number of amides is 1. The van der Waals surface area contributed by atoms with Crippen molar-refractivity contribution in [3.63, 3.8) is 0 Å². The molecule has 28 heavy (non-hydrogen) atoms. The van der Waals surface area contributed by atoms with Crippen LogP contribution in [0.3, 0.4) is 0 Å². The maximum absolute atomic E-state index is 12.9. The average molecular weight is 390 g/mol. The van der Waals surface area contributed by atoms with Gasteiger partial charge in [-0.1, -0.05) is 72.3 Å². The number of para-hydroxylation sites is 1. The monoisotopic (exact) mass is 389 g/mol. The number of carbonyl (C=O) groups excluding carboxylic acids is 2. The summed E-state index contributed by atoms with van der Waals surface area (Å²) in [7, 11) is 0. The van der Waals surface area contributed by atoms with Gasteiger partial charge in [0, 0.05) is 16.3 Å². The topological polar surface area (TPSA) is 57.6 Å². The third kappa shape index (κ3) is 3.08. The molecule has 0 aliphatic carbocycles. The van der Waals surface area contributed by atoms with Crippen molar-refractivity contribution in [1.29, 1.82) is 0 Å². The molecule has 3 aromatic carbocycles. The first-order valence-corrected chi connectivity index (χ1v) is 9.12. The summed E-state index contributed by atoms with van der Waals surface area (Å²) in [5, 5.41) is 11.5. The molecule has 1 saturated heterocycles. The van der Waals surface area contributed by atoms with Gasteiger partial charge in [-0.05, 0) is 29.8 Å². The van der Waals surface area contributed by atoms with E-state index in [4.69, 9.17) is 11.6 Å². The van der Waals surface area contributed by atoms with E-state index in [1.807, 2.05) is 12.1 Å². The number of benzene rings is 3. The lowest BCUT2D eigenvalue weighted by Crippen LogP contribution is -2.29. The molecule has 1 N–H and O–H groups in total. The number of nitrogens with zero attached hydrogens (tertiary/aromatic N) is 1. The number of aliphatic hydroxyl groups is 1. The Morgan fingerprint density at radius 3 is 2.00 bits per heavy atom. The predicted molar refractivity (Wildman–Crippen MR) is 109 cm³/mol. The molecular weight excluding hydrogens is 374 g/mol. The van der Waals surface area contributed by atoms with Crippen LogP contribution in [-0.2, 0) is 9.59 Å². The number of Topliss-reactive ketones (excluding diaryl/α,β-unsaturated/α-hetero) is 1. The molecule has 4 nitrogen and oxygen atoms in total. The van der Waals surface area contributed by atoms with Gasteiger partial charge in [0.2, 0.25) is 0 Å². The minimum Gasteiger partial charge on any atom is -0.507 e. The van der Waals surface area contributed by atoms with E-state index in [1.54, 1.807) is 72.8 Å². The van der Waals surface area contributed by atoms with Gasteiger partial charge in [-0.25, -0.2) is 0 Å². The van der Waals surface area contributed by atoms with Crippen LogP contribution in [0.2, 0.25) is 5.02 Å². The molecule has 0 unspecified atom stereocenters. The number of rotatable bonds is 3. The van der Waals surface area contributed by atoms with Gasteiger partial charge in [-0.2, -0.15) is 0 Å². The lowest BCUT2D eigenvalue weighted by molar-refractivity contribution is -0.132. The van der Waals surface area contributed by atoms with E-state index in [0.717, 1.165) is 0 Å². The number of carbonyl (C=O) groups is 2. The maximum Gasteiger partial charge on any atom is 0.300 e. The highest BCUT2D eigenvalue weighted by molar-refractivity contribution is 6.51. The van der Waals surface area contributed by atoms with Crippen molar-refractivity contribution < 1.29 is 14.7 Å². The minimum atomic E-state index is -0.750. The number of anilines is 1. The van der Waals surface area contributed by atoms with Gasteiger partial charge < -0.3 is 5.11 Å². The Bertz CT molecular complexity index is 1060. The van der Waals surface area contributed by atoms with Crippen molar-refractivity contribution in [1.82, 2.24) is 0 Å². The van der Waals surface area contributed by atoms with Crippen LogP contribution < -0.4 is 4.90 Å². The number of hydrogen-bond acceptors (Lipinski definition) is 3.